The summed E-state index contributed by atoms with van der Waals surface area (Å²) in [5, 5.41) is 2.34. The summed E-state index contributed by atoms with van der Waals surface area (Å²) < 4.78 is 51.6. The zero-order valence-electron chi connectivity index (χ0n) is 17.5. The second-order valence-electron chi connectivity index (χ2n) is 7.13. The first kappa shape index (κ1) is 25.5. The van der Waals surface area contributed by atoms with Gasteiger partial charge in [-0.2, -0.15) is 13.2 Å². The van der Waals surface area contributed by atoms with Gasteiger partial charge >= 0.3 is 12.1 Å². The van der Waals surface area contributed by atoms with E-state index < -0.39 is 35.8 Å². The van der Waals surface area contributed by atoms with Crippen molar-refractivity contribution in [1.82, 2.24) is 5.32 Å². The van der Waals surface area contributed by atoms with Crippen molar-refractivity contribution in [3.63, 3.8) is 0 Å². The first-order chi connectivity index (χ1) is 14.9. The van der Waals surface area contributed by atoms with Crippen molar-refractivity contribution < 1.29 is 32.2 Å². The highest BCUT2D eigenvalue weighted by Gasteiger charge is 2.48. The second-order valence-corrected chi connectivity index (χ2v) is 8.05. The smallest absolute Gasteiger partial charge is 0.429 e. The molecule has 5 N–H and O–H groups in total. The normalized spacial score (nSPS) is 16.2. The molecule has 12 heteroatoms. The number of rotatable bonds is 8. The zero-order chi connectivity index (χ0) is 24.1. The van der Waals surface area contributed by atoms with Crippen molar-refractivity contribution in [2.75, 3.05) is 13.7 Å². The van der Waals surface area contributed by atoms with Gasteiger partial charge in [-0.1, -0.05) is 15.9 Å². The monoisotopic (exact) mass is 520 g/mol. The van der Waals surface area contributed by atoms with Gasteiger partial charge in [0.2, 0.25) is 6.10 Å². The lowest BCUT2D eigenvalue weighted by Crippen LogP contribution is -2.48. The van der Waals surface area contributed by atoms with E-state index in [0.29, 0.717) is 35.0 Å². The van der Waals surface area contributed by atoms with Gasteiger partial charge in [0.15, 0.2) is 5.96 Å². The minimum absolute atomic E-state index is 0.0383. The van der Waals surface area contributed by atoms with Crippen molar-refractivity contribution >= 4 is 39.8 Å². The number of esters is 1. The molecule has 1 aliphatic rings. The summed E-state index contributed by atoms with van der Waals surface area (Å²) >= 11 is 3.28. The highest BCUT2D eigenvalue weighted by molar-refractivity contribution is 9.10. The Kier molecular flexibility index (Phi) is 8.53. The molecule has 1 heterocycles. The fraction of sp³-hybridized carbons (Fsp3) is 0.450. The third kappa shape index (κ3) is 6.62. The molecule has 8 nitrogen and oxygen atoms in total. The molecule has 1 amide bonds. The highest BCUT2D eigenvalue weighted by atomic mass is 79.9. The molecule has 0 aliphatic carbocycles. The predicted molar refractivity (Wildman–Crippen MR) is 116 cm³/mol. The number of guanidine groups is 1. The van der Waals surface area contributed by atoms with Crippen LogP contribution in [0.3, 0.4) is 0 Å². The summed E-state index contributed by atoms with van der Waals surface area (Å²) in [6, 6.07) is 2.01. The maximum absolute atomic E-state index is 13.7. The fourth-order valence-electron chi connectivity index (χ4n) is 3.18. The Bertz CT molecular complexity index is 930. The number of fused-ring (bicyclic) bond motifs is 1. The maximum atomic E-state index is 13.7. The van der Waals surface area contributed by atoms with Crippen LogP contribution in [0.15, 0.2) is 27.2 Å². The van der Waals surface area contributed by atoms with Crippen LogP contribution in [0.1, 0.15) is 30.4 Å². The van der Waals surface area contributed by atoms with E-state index in [9.17, 15) is 22.8 Å². The van der Waals surface area contributed by atoms with E-state index in [1.165, 1.54) is 0 Å². The molecule has 176 valence electrons. The minimum Gasteiger partial charge on any atom is -0.475 e. The lowest BCUT2D eigenvalue weighted by molar-refractivity contribution is -0.185. The zero-order valence-corrected chi connectivity index (χ0v) is 19.0. The first-order valence-corrected chi connectivity index (χ1v) is 10.4. The average Bonchev–Trinajstić information content (AvgIpc) is 2.69. The van der Waals surface area contributed by atoms with Crippen LogP contribution in [0.4, 0.5) is 13.2 Å². The minimum atomic E-state index is -4.85. The number of halogens is 4. The van der Waals surface area contributed by atoms with E-state index >= 15 is 0 Å². The Morgan fingerprint density at radius 3 is 2.59 bits per heavy atom. The highest BCUT2D eigenvalue weighted by Crippen LogP contribution is 2.40. The molecule has 0 radical (unpaired) electrons. The molecule has 0 unspecified atom stereocenters. The van der Waals surface area contributed by atoms with Gasteiger partial charge in [0, 0.05) is 16.6 Å². The Morgan fingerprint density at radius 1 is 1.31 bits per heavy atom. The van der Waals surface area contributed by atoms with Crippen molar-refractivity contribution in [1.29, 1.82) is 0 Å². The second kappa shape index (κ2) is 10.7. The fourth-order valence-corrected chi connectivity index (χ4v) is 3.77. The standard InChI is InChI=1S/C20H24BrF3N4O4/c1-10-7-12(21)8-11-9-13(16(20(22,23)24)32-15(10)11)17(29)28-14(18(30)31-2)5-3-4-6-27-19(25)26/h7-9,14,16H,3-6H2,1-2H3,(H,28,29)(H4,25,26,27)/t14-,16-/m0/s1. The number of hydrogen-bond acceptors (Lipinski definition) is 5. The molecule has 2 rings (SSSR count). The van der Waals surface area contributed by atoms with Crippen molar-refractivity contribution in [2.45, 2.75) is 44.5 Å². The lowest BCUT2D eigenvalue weighted by atomic mass is 9.98. The summed E-state index contributed by atoms with van der Waals surface area (Å²) in [6.07, 6.45) is -5.15. The van der Waals surface area contributed by atoms with E-state index in [-0.39, 0.29) is 18.1 Å². The number of methoxy groups -OCH3 is 1. The number of nitrogens with zero attached hydrogens (tertiary/aromatic N) is 1. The SMILES string of the molecule is COC(=O)[C@H](CCCCN=C(N)N)NC(=O)C1=Cc2cc(Br)cc(C)c2O[C@@H]1C(F)(F)F. The van der Waals surface area contributed by atoms with E-state index in [1.807, 2.05) is 0 Å². The molecule has 0 saturated carbocycles. The lowest BCUT2D eigenvalue weighted by Gasteiger charge is -2.30. The Hall–Kier alpha value is -2.76. The molecule has 0 saturated heterocycles. The number of carbonyl (C=O) groups excluding carboxylic acids is 2. The summed E-state index contributed by atoms with van der Waals surface area (Å²) in [5.41, 5.74) is 10.6. The summed E-state index contributed by atoms with van der Waals surface area (Å²) in [6.45, 7) is 1.91. The van der Waals surface area contributed by atoms with Crippen LogP contribution in [-0.4, -0.2) is 49.8 Å². The largest absolute Gasteiger partial charge is 0.475 e. The predicted octanol–water partition coefficient (Wildman–Crippen LogP) is 2.57. The Morgan fingerprint density at radius 2 is 2.00 bits per heavy atom. The van der Waals surface area contributed by atoms with Crippen molar-refractivity contribution in [2.24, 2.45) is 16.5 Å². The van der Waals surface area contributed by atoms with Gasteiger partial charge in [0.05, 0.1) is 12.7 Å². The van der Waals surface area contributed by atoms with Crippen molar-refractivity contribution in [3.05, 3.63) is 33.3 Å². The molecule has 1 aliphatic heterocycles. The van der Waals surface area contributed by atoms with Gasteiger partial charge in [-0.15, -0.1) is 0 Å². The number of nitrogens with two attached hydrogens (primary N) is 2. The van der Waals surface area contributed by atoms with Crippen LogP contribution in [0.25, 0.3) is 6.08 Å². The number of benzene rings is 1. The van der Waals surface area contributed by atoms with Crippen molar-refractivity contribution in [3.8, 4) is 5.75 Å². The molecule has 0 bridgehead atoms. The molecule has 0 aromatic heterocycles. The molecule has 1 aromatic rings. The first-order valence-electron chi connectivity index (χ1n) is 9.63. The molecule has 0 fully saturated rings. The number of hydrogen-bond donors (Lipinski definition) is 3. The number of ether oxygens (including phenoxy) is 2. The van der Waals surface area contributed by atoms with Crippen LogP contribution in [0.5, 0.6) is 5.75 Å². The van der Waals surface area contributed by atoms with E-state index in [1.54, 1.807) is 19.1 Å². The number of aryl methyl sites for hydroxylation is 1. The van der Waals surface area contributed by atoms with Gasteiger partial charge in [-0.05, 0) is 50.0 Å². The molecule has 32 heavy (non-hydrogen) atoms. The van der Waals surface area contributed by atoms with Crippen LogP contribution >= 0.6 is 15.9 Å². The van der Waals surface area contributed by atoms with Gasteiger partial charge in [-0.3, -0.25) is 9.79 Å². The molecule has 2 atom stereocenters. The van der Waals surface area contributed by atoms with Crippen LogP contribution in [0, 0.1) is 6.92 Å². The van der Waals surface area contributed by atoms with Gasteiger partial charge in [0.1, 0.15) is 11.8 Å². The average molecular weight is 521 g/mol. The van der Waals surface area contributed by atoms with E-state index in [4.69, 9.17) is 16.2 Å². The van der Waals surface area contributed by atoms with Gasteiger partial charge in [0.25, 0.3) is 5.91 Å². The number of carbonyl (C=O) groups is 2. The summed E-state index contributed by atoms with van der Waals surface area (Å²) in [7, 11) is 1.12. The third-order valence-electron chi connectivity index (χ3n) is 4.64. The molecular formula is C20H24BrF3N4O4. The van der Waals surface area contributed by atoms with E-state index in [0.717, 1.165) is 13.2 Å². The number of alkyl halides is 3. The maximum Gasteiger partial charge on any atom is 0.429 e. The van der Waals surface area contributed by atoms with Gasteiger partial charge in [-0.25, -0.2) is 4.79 Å². The molecular weight excluding hydrogens is 497 g/mol. The topological polar surface area (TPSA) is 129 Å². The summed E-state index contributed by atoms with van der Waals surface area (Å²) in [4.78, 5) is 28.7. The Labute approximate surface area is 191 Å². The van der Waals surface area contributed by atoms with Gasteiger partial charge < -0.3 is 26.3 Å². The number of unbranched alkanes of at least 4 members (excludes halogenated alkanes) is 1. The van der Waals surface area contributed by atoms with E-state index in [2.05, 4.69) is 31.0 Å². The van der Waals surface area contributed by atoms with Crippen LogP contribution in [0.2, 0.25) is 0 Å². The number of nitrogens with one attached hydrogen (secondary N) is 1. The Balaban J connectivity index is 2.26. The molecule has 1 aromatic carbocycles. The van der Waals surface area contributed by atoms with Crippen LogP contribution < -0.4 is 21.5 Å². The summed E-state index contributed by atoms with van der Waals surface area (Å²) in [5.74, 6) is -1.89. The van der Waals surface area contributed by atoms with Crippen LogP contribution in [-0.2, 0) is 14.3 Å². The number of amides is 1. The molecule has 0 spiro atoms. The third-order valence-corrected chi connectivity index (χ3v) is 5.10. The number of aliphatic imine (C=N–C) groups is 1. The quantitative estimate of drug-likeness (QED) is 0.209.